The maximum Gasteiger partial charge on any atom is 0.417 e. The third-order valence-corrected chi connectivity index (χ3v) is 4.12. The van der Waals surface area contributed by atoms with Gasteiger partial charge in [0, 0.05) is 10.1 Å². The molecule has 1 nitrogen and oxygen atoms in total. The van der Waals surface area contributed by atoms with Crippen LogP contribution in [0.2, 0.25) is 0 Å². The van der Waals surface area contributed by atoms with E-state index in [-0.39, 0.29) is 10.8 Å². The highest BCUT2D eigenvalue weighted by Crippen LogP contribution is 2.35. The number of halogens is 3. The van der Waals surface area contributed by atoms with Gasteiger partial charge in [0.05, 0.1) is 17.2 Å². The minimum Gasteiger partial charge on any atom is -0.192 e. The van der Waals surface area contributed by atoms with E-state index in [0.29, 0.717) is 10.8 Å². The Morgan fingerprint density at radius 3 is 2.28 bits per heavy atom. The van der Waals surface area contributed by atoms with Crippen molar-refractivity contribution in [3.05, 3.63) is 29.3 Å². The smallest absolute Gasteiger partial charge is 0.192 e. The Morgan fingerprint density at radius 1 is 1.22 bits per heavy atom. The summed E-state index contributed by atoms with van der Waals surface area (Å²) in [5.41, 5.74) is -1.19. The monoisotopic (exact) mass is 273 g/mol. The highest BCUT2D eigenvalue weighted by Gasteiger charge is 2.33. The van der Waals surface area contributed by atoms with Crippen LogP contribution in [-0.4, -0.2) is 5.25 Å². The van der Waals surface area contributed by atoms with Crippen LogP contribution >= 0.6 is 11.8 Å². The largest absolute Gasteiger partial charge is 0.417 e. The van der Waals surface area contributed by atoms with Gasteiger partial charge in [0.2, 0.25) is 0 Å². The third kappa shape index (κ3) is 3.67. The molecule has 0 aromatic heterocycles. The highest BCUT2D eigenvalue weighted by atomic mass is 32.2. The van der Waals surface area contributed by atoms with Crippen LogP contribution in [0.5, 0.6) is 0 Å². The first kappa shape index (κ1) is 14.9. The van der Waals surface area contributed by atoms with Crippen LogP contribution in [0.1, 0.15) is 31.9 Å². The van der Waals surface area contributed by atoms with Crippen molar-refractivity contribution in [2.24, 2.45) is 5.92 Å². The number of nitrogens with zero attached hydrogens (tertiary/aromatic N) is 1. The zero-order valence-corrected chi connectivity index (χ0v) is 11.2. The lowest BCUT2D eigenvalue weighted by Crippen LogP contribution is -2.08. The van der Waals surface area contributed by atoms with Gasteiger partial charge in [0.25, 0.3) is 0 Å². The summed E-state index contributed by atoms with van der Waals surface area (Å²) in [6.45, 7) is 6.11. The van der Waals surface area contributed by atoms with Crippen molar-refractivity contribution in [3.8, 4) is 6.07 Å². The van der Waals surface area contributed by atoms with E-state index in [9.17, 15) is 13.2 Å². The summed E-state index contributed by atoms with van der Waals surface area (Å²) < 4.78 is 37.8. The predicted octanol–water partition coefficient (Wildman–Crippen LogP) is 4.71. The Labute approximate surface area is 109 Å². The summed E-state index contributed by atoms with van der Waals surface area (Å²) in [5.74, 6) is 0.419. The molecule has 1 unspecified atom stereocenters. The topological polar surface area (TPSA) is 23.8 Å². The normalized spacial score (nSPS) is 13.4. The molecule has 0 heterocycles. The summed E-state index contributed by atoms with van der Waals surface area (Å²) in [5, 5.41) is 9.08. The lowest BCUT2D eigenvalue weighted by atomic mass is 10.1. The van der Waals surface area contributed by atoms with Gasteiger partial charge in [-0.2, -0.15) is 18.4 Å². The number of rotatable bonds is 3. The van der Waals surface area contributed by atoms with Crippen molar-refractivity contribution in [3.63, 3.8) is 0 Å². The SMILES string of the molecule is CC(C)C(C)Sc1ccc(C(F)(F)F)c(C#N)c1. The highest BCUT2D eigenvalue weighted by molar-refractivity contribution is 8.00. The average molecular weight is 273 g/mol. The fourth-order valence-corrected chi connectivity index (χ4v) is 2.32. The van der Waals surface area contributed by atoms with Gasteiger partial charge in [-0.25, -0.2) is 0 Å². The fraction of sp³-hybridized carbons (Fsp3) is 0.462. The summed E-state index contributed by atoms with van der Waals surface area (Å²) in [4.78, 5) is 0.695. The van der Waals surface area contributed by atoms with E-state index in [0.717, 1.165) is 6.07 Å². The lowest BCUT2D eigenvalue weighted by Gasteiger charge is -2.16. The second-order valence-corrected chi connectivity index (χ2v) is 5.83. The molecule has 98 valence electrons. The standard InChI is InChI=1S/C13H14F3NS/c1-8(2)9(3)18-11-4-5-12(13(14,15)16)10(6-11)7-17/h4-6,8-9H,1-3H3. The first-order valence-electron chi connectivity index (χ1n) is 5.53. The summed E-state index contributed by atoms with van der Waals surface area (Å²) >= 11 is 1.48. The van der Waals surface area contributed by atoms with E-state index in [4.69, 9.17) is 5.26 Å². The van der Waals surface area contributed by atoms with E-state index < -0.39 is 11.7 Å². The molecule has 0 aliphatic carbocycles. The molecule has 0 spiro atoms. The molecule has 18 heavy (non-hydrogen) atoms. The number of nitriles is 1. The molecule has 1 aromatic rings. The second kappa shape index (κ2) is 5.66. The summed E-state index contributed by atoms with van der Waals surface area (Å²) in [6, 6.07) is 5.33. The van der Waals surface area contributed by atoms with Gasteiger partial charge < -0.3 is 0 Å². The Hall–Kier alpha value is -1.15. The Bertz CT molecular complexity index is 460. The summed E-state index contributed by atoms with van der Waals surface area (Å²) in [6.07, 6.45) is -4.47. The van der Waals surface area contributed by atoms with E-state index in [1.54, 1.807) is 6.07 Å². The molecule has 0 aliphatic rings. The minimum absolute atomic E-state index is 0.285. The molecule has 0 amide bonds. The van der Waals surface area contributed by atoms with Crippen molar-refractivity contribution < 1.29 is 13.2 Å². The van der Waals surface area contributed by atoms with Crippen molar-refractivity contribution in [2.75, 3.05) is 0 Å². The number of hydrogen-bond donors (Lipinski definition) is 0. The Kier molecular flexibility index (Phi) is 4.69. The molecular weight excluding hydrogens is 259 g/mol. The molecule has 5 heteroatoms. The maximum absolute atomic E-state index is 12.6. The van der Waals surface area contributed by atoms with Crippen molar-refractivity contribution in [2.45, 2.75) is 37.1 Å². The van der Waals surface area contributed by atoms with Gasteiger partial charge in [0.1, 0.15) is 0 Å². The number of alkyl halides is 3. The molecule has 1 aromatic carbocycles. The van der Waals surface area contributed by atoms with E-state index in [1.165, 1.54) is 23.9 Å². The van der Waals surface area contributed by atoms with Crippen LogP contribution in [0.15, 0.2) is 23.1 Å². The molecule has 0 N–H and O–H groups in total. The quantitative estimate of drug-likeness (QED) is 0.744. The number of hydrogen-bond acceptors (Lipinski definition) is 2. The van der Waals surface area contributed by atoms with Gasteiger partial charge in [-0.1, -0.05) is 20.8 Å². The van der Waals surface area contributed by atoms with Crippen molar-refractivity contribution in [1.82, 2.24) is 0 Å². The summed E-state index contributed by atoms with van der Waals surface area (Å²) in [7, 11) is 0. The molecule has 0 saturated carbocycles. The molecule has 0 aliphatic heterocycles. The molecule has 1 atom stereocenters. The minimum atomic E-state index is -4.47. The molecular formula is C13H14F3NS. The van der Waals surface area contributed by atoms with Crippen LogP contribution in [0.4, 0.5) is 13.2 Å². The fourth-order valence-electron chi connectivity index (χ4n) is 1.29. The van der Waals surface area contributed by atoms with Crippen LogP contribution in [-0.2, 0) is 6.18 Å². The Balaban J connectivity index is 3.04. The lowest BCUT2D eigenvalue weighted by molar-refractivity contribution is -0.137. The number of benzene rings is 1. The molecule has 0 saturated heterocycles. The van der Waals surface area contributed by atoms with E-state index in [1.807, 2.05) is 20.8 Å². The third-order valence-electron chi connectivity index (χ3n) is 2.68. The van der Waals surface area contributed by atoms with Gasteiger partial charge in [-0.05, 0) is 24.1 Å². The zero-order valence-electron chi connectivity index (χ0n) is 10.4. The predicted molar refractivity (Wildman–Crippen MR) is 66.3 cm³/mol. The van der Waals surface area contributed by atoms with Gasteiger partial charge in [-0.15, -0.1) is 11.8 Å². The van der Waals surface area contributed by atoms with Crippen LogP contribution < -0.4 is 0 Å². The van der Waals surface area contributed by atoms with Gasteiger partial charge >= 0.3 is 6.18 Å². The number of thioether (sulfide) groups is 1. The van der Waals surface area contributed by atoms with Crippen molar-refractivity contribution in [1.29, 1.82) is 5.26 Å². The molecule has 0 radical (unpaired) electrons. The van der Waals surface area contributed by atoms with Crippen LogP contribution in [0, 0.1) is 17.2 Å². The first-order valence-corrected chi connectivity index (χ1v) is 6.41. The van der Waals surface area contributed by atoms with Crippen LogP contribution in [0.25, 0.3) is 0 Å². The van der Waals surface area contributed by atoms with Gasteiger partial charge in [-0.3, -0.25) is 0 Å². The van der Waals surface area contributed by atoms with E-state index in [2.05, 4.69) is 0 Å². The van der Waals surface area contributed by atoms with Gasteiger partial charge in [0.15, 0.2) is 0 Å². The maximum atomic E-state index is 12.6. The molecule has 1 rings (SSSR count). The molecule has 0 bridgehead atoms. The van der Waals surface area contributed by atoms with E-state index >= 15 is 0 Å². The zero-order chi connectivity index (χ0) is 13.9. The Morgan fingerprint density at radius 2 is 1.83 bits per heavy atom. The van der Waals surface area contributed by atoms with Crippen molar-refractivity contribution >= 4 is 11.8 Å². The van der Waals surface area contributed by atoms with Crippen LogP contribution in [0.3, 0.4) is 0 Å². The first-order chi connectivity index (χ1) is 8.25. The molecule has 0 fully saturated rings. The average Bonchev–Trinajstić information content (AvgIpc) is 2.27. The second-order valence-electron chi connectivity index (χ2n) is 4.38.